The number of nitrogens with zero attached hydrogens (tertiary/aromatic N) is 1. The first-order chi connectivity index (χ1) is 9.20. The molecule has 0 aromatic carbocycles. The summed E-state index contributed by atoms with van der Waals surface area (Å²) >= 11 is 0. The number of rotatable bonds is 4. The second-order valence-corrected chi connectivity index (χ2v) is 4.71. The van der Waals surface area contributed by atoms with Crippen LogP contribution in [0.1, 0.15) is 32.6 Å². The largest absolute Gasteiger partial charge is 0.461 e. The minimum absolute atomic E-state index is 0.166. The Hall–Kier alpha value is -1.56. The predicted octanol–water partition coefficient (Wildman–Crippen LogP) is 0.739. The van der Waals surface area contributed by atoms with Crippen molar-refractivity contribution >= 4 is 11.9 Å². The molecule has 1 N–H and O–H groups in total. The van der Waals surface area contributed by atoms with E-state index in [1.165, 1.54) is 0 Å². The third-order valence-electron chi connectivity index (χ3n) is 3.24. The fourth-order valence-electron chi connectivity index (χ4n) is 2.25. The molecule has 0 aromatic rings. The van der Waals surface area contributed by atoms with Crippen molar-refractivity contribution in [3.63, 3.8) is 0 Å². The van der Waals surface area contributed by atoms with Crippen LogP contribution in [0.5, 0.6) is 0 Å². The maximum atomic E-state index is 11.9. The van der Waals surface area contributed by atoms with Crippen LogP contribution in [0, 0.1) is 0 Å². The first kappa shape index (κ1) is 13.9. The number of likely N-dealkylation sites (tertiary alicyclic amines) is 1. The van der Waals surface area contributed by atoms with Crippen molar-refractivity contribution in [2.45, 2.75) is 38.7 Å². The summed E-state index contributed by atoms with van der Waals surface area (Å²) in [7, 11) is 0. The molecule has 106 valence electrons. The summed E-state index contributed by atoms with van der Waals surface area (Å²) in [4.78, 5) is 30.4. The Morgan fingerprint density at radius 1 is 1.53 bits per heavy atom. The van der Waals surface area contributed by atoms with E-state index >= 15 is 0 Å². The fraction of sp³-hybridized carbons (Fsp3) is 0.692. The van der Waals surface area contributed by atoms with E-state index in [0.29, 0.717) is 25.3 Å². The molecule has 2 rings (SSSR count). The normalized spacial score (nSPS) is 23.6. The van der Waals surface area contributed by atoms with Crippen molar-refractivity contribution in [3.05, 3.63) is 11.8 Å². The van der Waals surface area contributed by atoms with Gasteiger partial charge in [0.25, 0.3) is 0 Å². The zero-order valence-corrected chi connectivity index (χ0v) is 11.2. The molecular formula is C13H20N2O4. The van der Waals surface area contributed by atoms with Gasteiger partial charge in [-0.1, -0.05) is 6.42 Å². The number of nitrogens with one attached hydrogen (secondary N) is 1. The number of hydrogen-bond donors (Lipinski definition) is 1. The van der Waals surface area contributed by atoms with Crippen molar-refractivity contribution in [1.82, 2.24) is 10.4 Å². The van der Waals surface area contributed by atoms with E-state index in [-0.39, 0.29) is 12.0 Å². The maximum absolute atomic E-state index is 11.9. The Morgan fingerprint density at radius 2 is 2.37 bits per heavy atom. The van der Waals surface area contributed by atoms with Crippen LogP contribution in [0.15, 0.2) is 11.8 Å². The summed E-state index contributed by atoms with van der Waals surface area (Å²) in [6, 6.07) is 0. The lowest BCUT2D eigenvalue weighted by atomic mass is 10.2. The van der Waals surface area contributed by atoms with Crippen LogP contribution in [0.3, 0.4) is 0 Å². The highest BCUT2D eigenvalue weighted by atomic mass is 16.7. The quantitative estimate of drug-likeness (QED) is 0.762. The van der Waals surface area contributed by atoms with Gasteiger partial charge < -0.3 is 9.64 Å². The topological polar surface area (TPSA) is 67.9 Å². The van der Waals surface area contributed by atoms with Gasteiger partial charge in [0.15, 0.2) is 0 Å². The van der Waals surface area contributed by atoms with Crippen LogP contribution in [-0.2, 0) is 19.2 Å². The van der Waals surface area contributed by atoms with Gasteiger partial charge in [-0.25, -0.2) is 4.79 Å². The number of carbonyl (C=O) groups excluding carboxylic acids is 2. The Balaban J connectivity index is 1.89. The molecule has 1 amide bonds. The van der Waals surface area contributed by atoms with Gasteiger partial charge >= 0.3 is 5.97 Å². The minimum Gasteiger partial charge on any atom is -0.461 e. The molecule has 0 bridgehead atoms. The number of ether oxygens (including phenoxy) is 1. The van der Waals surface area contributed by atoms with E-state index in [9.17, 15) is 9.59 Å². The van der Waals surface area contributed by atoms with Crippen LogP contribution in [0.25, 0.3) is 0 Å². The van der Waals surface area contributed by atoms with E-state index in [1.54, 1.807) is 13.0 Å². The van der Waals surface area contributed by atoms with Crippen LogP contribution in [-0.4, -0.2) is 42.6 Å². The average molecular weight is 268 g/mol. The minimum atomic E-state index is -0.424. The smallest absolute Gasteiger partial charge is 0.356 e. The van der Waals surface area contributed by atoms with E-state index in [1.807, 2.05) is 4.90 Å². The molecule has 6 heteroatoms. The van der Waals surface area contributed by atoms with Gasteiger partial charge in [-0.15, -0.1) is 0 Å². The molecule has 2 aliphatic rings. The second kappa shape index (κ2) is 6.56. The van der Waals surface area contributed by atoms with Crippen LogP contribution < -0.4 is 5.48 Å². The number of hydroxylamine groups is 1. The third kappa shape index (κ3) is 3.70. The summed E-state index contributed by atoms with van der Waals surface area (Å²) in [6.07, 6.45) is 5.07. The van der Waals surface area contributed by atoms with Crippen molar-refractivity contribution in [2.24, 2.45) is 0 Å². The fourth-order valence-corrected chi connectivity index (χ4v) is 2.25. The van der Waals surface area contributed by atoms with Gasteiger partial charge in [0, 0.05) is 13.0 Å². The first-order valence-corrected chi connectivity index (χ1v) is 6.79. The third-order valence-corrected chi connectivity index (χ3v) is 3.24. The molecule has 0 spiro atoms. The summed E-state index contributed by atoms with van der Waals surface area (Å²) in [5.41, 5.74) is 2.87. The van der Waals surface area contributed by atoms with Crippen molar-refractivity contribution in [3.8, 4) is 0 Å². The molecular weight excluding hydrogens is 248 g/mol. The average Bonchev–Trinajstić information content (AvgIpc) is 2.76. The highest BCUT2D eigenvalue weighted by Crippen LogP contribution is 2.15. The lowest BCUT2D eigenvalue weighted by Gasteiger charge is -2.22. The van der Waals surface area contributed by atoms with Gasteiger partial charge in [-0.05, 0) is 25.8 Å². The van der Waals surface area contributed by atoms with Crippen LogP contribution in [0.4, 0.5) is 0 Å². The summed E-state index contributed by atoms with van der Waals surface area (Å²) in [5.74, 6) is -0.258. The second-order valence-electron chi connectivity index (χ2n) is 4.71. The molecule has 2 aliphatic heterocycles. The molecule has 6 nitrogen and oxygen atoms in total. The van der Waals surface area contributed by atoms with E-state index in [2.05, 4.69) is 5.48 Å². The molecule has 1 fully saturated rings. The summed E-state index contributed by atoms with van der Waals surface area (Å²) < 4.78 is 4.87. The standard InChI is InChI=1S/C13H20N2O4/c1-2-18-13(17)11-8-10(19-14-11)9-15-7-5-3-4-6-12(15)16/h8,10,14H,2-7,9H2,1H3. The zero-order valence-electron chi connectivity index (χ0n) is 11.2. The predicted molar refractivity (Wildman–Crippen MR) is 67.8 cm³/mol. The first-order valence-electron chi connectivity index (χ1n) is 6.79. The van der Waals surface area contributed by atoms with Gasteiger partial charge in [0.1, 0.15) is 11.8 Å². The van der Waals surface area contributed by atoms with Gasteiger partial charge in [-0.2, -0.15) is 0 Å². The van der Waals surface area contributed by atoms with E-state index in [4.69, 9.17) is 9.57 Å². The number of amides is 1. The molecule has 19 heavy (non-hydrogen) atoms. The van der Waals surface area contributed by atoms with Crippen molar-refractivity contribution in [1.29, 1.82) is 0 Å². The van der Waals surface area contributed by atoms with Gasteiger partial charge in [0.05, 0.1) is 13.2 Å². The highest BCUT2D eigenvalue weighted by Gasteiger charge is 2.26. The van der Waals surface area contributed by atoms with Crippen LogP contribution in [0.2, 0.25) is 0 Å². The molecule has 2 heterocycles. The zero-order chi connectivity index (χ0) is 13.7. The summed E-state index contributed by atoms with van der Waals surface area (Å²) in [6.45, 7) is 3.32. The molecule has 0 aliphatic carbocycles. The Labute approximate surface area is 112 Å². The van der Waals surface area contributed by atoms with Gasteiger partial charge in [0.2, 0.25) is 5.91 Å². The van der Waals surface area contributed by atoms with Crippen LogP contribution >= 0.6 is 0 Å². The Bertz CT molecular complexity index is 381. The Morgan fingerprint density at radius 3 is 3.16 bits per heavy atom. The molecule has 1 atom stereocenters. The lowest BCUT2D eigenvalue weighted by molar-refractivity contribution is -0.140. The lowest BCUT2D eigenvalue weighted by Crippen LogP contribution is -2.37. The molecule has 0 saturated carbocycles. The molecule has 0 aromatic heterocycles. The number of hydrogen-bond acceptors (Lipinski definition) is 5. The number of esters is 1. The monoisotopic (exact) mass is 268 g/mol. The number of carbonyl (C=O) groups is 2. The van der Waals surface area contributed by atoms with Gasteiger partial charge in [-0.3, -0.25) is 15.1 Å². The molecule has 1 saturated heterocycles. The Kier molecular flexibility index (Phi) is 4.79. The molecule has 0 radical (unpaired) electrons. The van der Waals surface area contributed by atoms with Crippen molar-refractivity contribution < 1.29 is 19.2 Å². The maximum Gasteiger partial charge on any atom is 0.356 e. The molecule has 1 unspecified atom stereocenters. The van der Waals surface area contributed by atoms with E-state index < -0.39 is 5.97 Å². The highest BCUT2D eigenvalue weighted by molar-refractivity contribution is 5.88. The van der Waals surface area contributed by atoms with E-state index in [0.717, 1.165) is 25.8 Å². The summed E-state index contributed by atoms with van der Waals surface area (Å²) in [5, 5.41) is 0. The van der Waals surface area contributed by atoms with Crippen molar-refractivity contribution in [2.75, 3.05) is 19.7 Å². The SMILES string of the molecule is CCOC(=O)C1=CC(CN2CCCCCC2=O)ON1.